The third-order valence-electron chi connectivity index (χ3n) is 3.17. The minimum absolute atomic E-state index is 0.195. The van der Waals surface area contributed by atoms with Gasteiger partial charge in [0.05, 0.1) is 18.1 Å². The predicted octanol–water partition coefficient (Wildman–Crippen LogP) is 3.18. The second-order valence-electron chi connectivity index (χ2n) is 5.10. The van der Waals surface area contributed by atoms with E-state index in [1.165, 1.54) is 11.3 Å². The molecule has 6 heteroatoms. The number of furan rings is 1. The largest absolute Gasteiger partial charge is 0.462 e. The average Bonchev–Trinajstić information content (AvgIpc) is 3.22. The lowest BCUT2D eigenvalue weighted by molar-refractivity contribution is 0.0928. The highest BCUT2D eigenvalue weighted by molar-refractivity contribution is 7.17. The van der Waals surface area contributed by atoms with Crippen LogP contribution >= 0.6 is 11.3 Å². The second-order valence-corrected chi connectivity index (χ2v) is 6.10. The minimum atomic E-state index is -0.600. The van der Waals surface area contributed by atoms with Crippen LogP contribution < -0.4 is 5.32 Å². The summed E-state index contributed by atoms with van der Waals surface area (Å²) < 4.78 is 5.38. The maximum absolute atomic E-state index is 12.4. The number of aromatic nitrogens is 1. The maximum Gasteiger partial charge on any atom is 0.263 e. The minimum Gasteiger partial charge on any atom is -0.462 e. The van der Waals surface area contributed by atoms with Crippen molar-refractivity contribution in [1.29, 1.82) is 0 Å². The Morgan fingerprint density at radius 2 is 2.09 bits per heavy atom. The van der Waals surface area contributed by atoms with Crippen LogP contribution in [0, 0.1) is 0 Å². The molecule has 1 atom stereocenters. The van der Waals surface area contributed by atoms with Gasteiger partial charge in [0.2, 0.25) is 0 Å². The van der Waals surface area contributed by atoms with E-state index >= 15 is 0 Å². The van der Waals surface area contributed by atoms with Gasteiger partial charge >= 0.3 is 0 Å². The Balaban J connectivity index is 2.00. The molecule has 1 aromatic carbocycles. The molecule has 0 saturated carbocycles. The molecule has 23 heavy (non-hydrogen) atoms. The maximum atomic E-state index is 12.4. The van der Waals surface area contributed by atoms with Crippen LogP contribution in [0.3, 0.4) is 0 Å². The number of aliphatic hydroxyl groups is 1. The summed E-state index contributed by atoms with van der Waals surface area (Å²) in [5.74, 6) is 0.377. The molecule has 2 N–H and O–H groups in total. The molecule has 118 valence electrons. The van der Waals surface area contributed by atoms with Crippen LogP contribution in [0.15, 0.2) is 53.1 Å². The van der Waals surface area contributed by atoms with Crippen LogP contribution in [0.2, 0.25) is 0 Å². The molecule has 0 fully saturated rings. The zero-order valence-electron chi connectivity index (χ0n) is 12.5. The monoisotopic (exact) mass is 328 g/mol. The lowest BCUT2D eigenvalue weighted by Gasteiger charge is -2.06. The molecule has 1 unspecified atom stereocenters. The number of rotatable bonds is 5. The number of thiazole rings is 1. The smallest absolute Gasteiger partial charge is 0.263 e. The van der Waals surface area contributed by atoms with Crippen molar-refractivity contribution in [3.05, 3.63) is 53.6 Å². The zero-order valence-corrected chi connectivity index (χ0v) is 13.3. The lowest BCUT2D eigenvalue weighted by atomic mass is 10.1. The molecule has 2 heterocycles. The van der Waals surface area contributed by atoms with Gasteiger partial charge in [-0.15, -0.1) is 11.3 Å². The van der Waals surface area contributed by atoms with Gasteiger partial charge in [0, 0.05) is 12.1 Å². The first-order valence-corrected chi connectivity index (χ1v) is 8.03. The van der Waals surface area contributed by atoms with Crippen LogP contribution in [0.5, 0.6) is 0 Å². The van der Waals surface area contributed by atoms with Crippen LogP contribution in [0.4, 0.5) is 0 Å². The highest BCUT2D eigenvalue weighted by Gasteiger charge is 2.21. The fraction of sp³-hybridized carbons (Fsp3) is 0.176. The van der Waals surface area contributed by atoms with E-state index < -0.39 is 6.10 Å². The Morgan fingerprint density at radius 3 is 2.74 bits per heavy atom. The standard InChI is InChI=1S/C17H16N2O3S/c1-11(20)10-18-16(21)15-14(12-6-3-2-4-7-12)19-17(23-15)13-8-5-9-22-13/h2-9,11,20H,10H2,1H3,(H,18,21). The number of amides is 1. The Bertz CT molecular complexity index is 780. The van der Waals surface area contributed by atoms with Crippen LogP contribution in [-0.2, 0) is 0 Å². The molecule has 0 aliphatic heterocycles. The first-order chi connectivity index (χ1) is 11.1. The van der Waals surface area contributed by atoms with E-state index in [-0.39, 0.29) is 12.5 Å². The molecule has 0 bridgehead atoms. The van der Waals surface area contributed by atoms with E-state index in [1.807, 2.05) is 36.4 Å². The SMILES string of the molecule is CC(O)CNC(=O)c1sc(-c2ccco2)nc1-c1ccccc1. The van der Waals surface area contributed by atoms with Crippen molar-refractivity contribution in [3.8, 4) is 22.0 Å². The van der Waals surface area contributed by atoms with Gasteiger partial charge in [0.1, 0.15) is 4.88 Å². The normalized spacial score (nSPS) is 12.1. The molecule has 3 aromatic rings. The molecule has 3 rings (SSSR count). The molecule has 0 spiro atoms. The molecule has 0 aliphatic carbocycles. The van der Waals surface area contributed by atoms with E-state index in [0.29, 0.717) is 21.3 Å². The van der Waals surface area contributed by atoms with E-state index in [4.69, 9.17) is 4.42 Å². The third-order valence-corrected chi connectivity index (χ3v) is 4.24. The summed E-state index contributed by atoms with van der Waals surface area (Å²) in [5, 5.41) is 12.7. The molecular weight excluding hydrogens is 312 g/mol. The van der Waals surface area contributed by atoms with E-state index in [9.17, 15) is 9.90 Å². The molecule has 5 nitrogen and oxygen atoms in total. The first-order valence-electron chi connectivity index (χ1n) is 7.21. The molecule has 2 aromatic heterocycles. The van der Waals surface area contributed by atoms with Crippen LogP contribution in [0.1, 0.15) is 16.6 Å². The predicted molar refractivity (Wildman–Crippen MR) is 89.3 cm³/mol. The summed E-state index contributed by atoms with van der Waals surface area (Å²) >= 11 is 1.27. The van der Waals surface area contributed by atoms with Crippen LogP contribution in [-0.4, -0.2) is 28.6 Å². The van der Waals surface area contributed by atoms with E-state index in [0.717, 1.165) is 5.56 Å². The summed E-state index contributed by atoms with van der Waals surface area (Å²) in [7, 11) is 0. The van der Waals surface area contributed by atoms with Gasteiger partial charge in [-0.25, -0.2) is 4.98 Å². The van der Waals surface area contributed by atoms with Gasteiger partial charge in [0.15, 0.2) is 10.8 Å². The van der Waals surface area contributed by atoms with Crippen molar-refractivity contribution >= 4 is 17.2 Å². The van der Waals surface area contributed by atoms with Crippen molar-refractivity contribution in [3.63, 3.8) is 0 Å². The summed E-state index contributed by atoms with van der Waals surface area (Å²) in [5.41, 5.74) is 1.48. The average molecular weight is 328 g/mol. The number of carbonyl (C=O) groups is 1. The number of benzene rings is 1. The molecule has 0 aliphatic rings. The zero-order chi connectivity index (χ0) is 16.2. The quantitative estimate of drug-likeness (QED) is 0.754. The summed E-state index contributed by atoms with van der Waals surface area (Å²) in [6, 6.07) is 13.1. The van der Waals surface area contributed by atoms with E-state index in [2.05, 4.69) is 10.3 Å². The van der Waals surface area contributed by atoms with Crippen molar-refractivity contribution < 1.29 is 14.3 Å². The Labute approximate surface area is 137 Å². The van der Waals surface area contributed by atoms with Gasteiger partial charge in [-0.3, -0.25) is 4.79 Å². The van der Waals surface area contributed by atoms with Gasteiger partial charge in [-0.1, -0.05) is 30.3 Å². The number of nitrogens with zero attached hydrogens (tertiary/aromatic N) is 1. The molecule has 0 radical (unpaired) electrons. The van der Waals surface area contributed by atoms with Gasteiger partial charge < -0.3 is 14.8 Å². The number of hydrogen-bond donors (Lipinski definition) is 2. The summed E-state index contributed by atoms with van der Waals surface area (Å²) in [6.45, 7) is 1.82. The molecular formula is C17H16N2O3S. The van der Waals surface area contributed by atoms with Gasteiger partial charge in [-0.2, -0.15) is 0 Å². The number of aliphatic hydroxyl groups excluding tert-OH is 1. The van der Waals surface area contributed by atoms with Crippen molar-refractivity contribution in [2.45, 2.75) is 13.0 Å². The molecule has 1 amide bonds. The summed E-state index contributed by atoms with van der Waals surface area (Å²) in [6.07, 6.45) is 0.975. The van der Waals surface area contributed by atoms with Gasteiger partial charge in [-0.05, 0) is 19.1 Å². The fourth-order valence-electron chi connectivity index (χ4n) is 2.09. The Morgan fingerprint density at radius 1 is 1.30 bits per heavy atom. The van der Waals surface area contributed by atoms with Crippen molar-refractivity contribution in [2.75, 3.05) is 6.54 Å². The Hall–Kier alpha value is -2.44. The van der Waals surface area contributed by atoms with Crippen molar-refractivity contribution in [1.82, 2.24) is 10.3 Å². The van der Waals surface area contributed by atoms with Crippen LogP contribution in [0.25, 0.3) is 22.0 Å². The number of nitrogens with one attached hydrogen (secondary N) is 1. The third kappa shape index (κ3) is 3.49. The fourth-order valence-corrected chi connectivity index (χ4v) is 3.06. The number of hydrogen-bond acceptors (Lipinski definition) is 5. The Kier molecular flexibility index (Phi) is 4.55. The lowest BCUT2D eigenvalue weighted by Crippen LogP contribution is -2.30. The number of carbonyl (C=O) groups excluding carboxylic acids is 1. The van der Waals surface area contributed by atoms with Crippen molar-refractivity contribution in [2.24, 2.45) is 0 Å². The van der Waals surface area contributed by atoms with Gasteiger partial charge in [0.25, 0.3) is 5.91 Å². The summed E-state index contributed by atoms with van der Waals surface area (Å²) in [4.78, 5) is 17.5. The molecule has 0 saturated heterocycles. The highest BCUT2D eigenvalue weighted by atomic mass is 32.1. The topological polar surface area (TPSA) is 75.4 Å². The van der Waals surface area contributed by atoms with E-state index in [1.54, 1.807) is 19.3 Å². The second kappa shape index (κ2) is 6.76. The highest BCUT2D eigenvalue weighted by Crippen LogP contribution is 2.34. The first kappa shape index (κ1) is 15.5.